The third-order valence-corrected chi connectivity index (χ3v) is 7.24. The number of para-hydroxylation sites is 2. The highest BCUT2D eigenvalue weighted by molar-refractivity contribution is 5.97. The molecule has 0 amide bonds. The monoisotopic (exact) mass is 460 g/mol. The van der Waals surface area contributed by atoms with E-state index in [9.17, 15) is 4.79 Å². The molecule has 1 fully saturated rings. The maximum Gasteiger partial charge on any atom is 0.340 e. The average Bonchev–Trinajstić information content (AvgIpc) is 3.53. The smallest absolute Gasteiger partial charge is 0.340 e. The Kier molecular flexibility index (Phi) is 4.40. The molecule has 3 heterocycles. The van der Waals surface area contributed by atoms with E-state index in [0.717, 1.165) is 46.8 Å². The zero-order valence-corrected chi connectivity index (χ0v) is 19.2. The zero-order chi connectivity index (χ0) is 23.4. The van der Waals surface area contributed by atoms with Crippen LogP contribution in [0.25, 0.3) is 0 Å². The first-order valence-corrected chi connectivity index (χ1v) is 12.1. The molecule has 1 saturated heterocycles. The van der Waals surface area contributed by atoms with Crippen molar-refractivity contribution in [3.63, 3.8) is 0 Å². The summed E-state index contributed by atoms with van der Waals surface area (Å²) in [7, 11) is 0. The Labute approximate surface area is 203 Å². The SMILES string of the molecule is O=C1OC2(c3ccccc3Oc3cc(N4CCCC4)c(Nc4ccccc4)cc32)c2ccccc21. The number of esters is 1. The van der Waals surface area contributed by atoms with E-state index >= 15 is 0 Å². The van der Waals surface area contributed by atoms with Gasteiger partial charge >= 0.3 is 5.97 Å². The summed E-state index contributed by atoms with van der Waals surface area (Å²) in [5, 5.41) is 3.63. The van der Waals surface area contributed by atoms with Gasteiger partial charge in [-0.25, -0.2) is 4.79 Å². The van der Waals surface area contributed by atoms with Crippen LogP contribution >= 0.6 is 0 Å². The average molecular weight is 461 g/mol. The van der Waals surface area contributed by atoms with E-state index in [1.165, 1.54) is 12.8 Å². The van der Waals surface area contributed by atoms with Crippen molar-refractivity contribution in [2.45, 2.75) is 18.4 Å². The summed E-state index contributed by atoms with van der Waals surface area (Å²) in [5.41, 5.74) is 5.12. The van der Waals surface area contributed by atoms with Gasteiger partial charge in [0.2, 0.25) is 0 Å². The van der Waals surface area contributed by atoms with Crippen LogP contribution in [0, 0.1) is 0 Å². The molecular formula is C30H24N2O3. The van der Waals surface area contributed by atoms with Crippen molar-refractivity contribution >= 4 is 23.0 Å². The van der Waals surface area contributed by atoms with E-state index in [-0.39, 0.29) is 5.97 Å². The Hall–Kier alpha value is -4.25. The number of nitrogens with zero attached hydrogens (tertiary/aromatic N) is 1. The first-order valence-electron chi connectivity index (χ1n) is 12.1. The lowest BCUT2D eigenvalue weighted by Gasteiger charge is -2.37. The van der Waals surface area contributed by atoms with Gasteiger partial charge in [0.1, 0.15) is 11.5 Å². The van der Waals surface area contributed by atoms with Gasteiger partial charge in [-0.2, -0.15) is 0 Å². The van der Waals surface area contributed by atoms with Gasteiger partial charge in [0.15, 0.2) is 5.60 Å². The Bertz CT molecular complexity index is 1460. The highest BCUT2D eigenvalue weighted by Crippen LogP contribution is 2.57. The number of rotatable bonds is 3. The third kappa shape index (κ3) is 2.98. The molecule has 0 aromatic heterocycles. The van der Waals surface area contributed by atoms with Crippen molar-refractivity contribution < 1.29 is 14.3 Å². The molecule has 1 spiro atoms. The van der Waals surface area contributed by atoms with Gasteiger partial charge in [-0.1, -0.05) is 54.6 Å². The molecule has 5 heteroatoms. The second kappa shape index (κ2) is 7.64. The number of hydrogen-bond donors (Lipinski definition) is 1. The van der Waals surface area contributed by atoms with Crippen LogP contribution in [0.3, 0.4) is 0 Å². The highest BCUT2D eigenvalue weighted by atomic mass is 16.6. The maximum absolute atomic E-state index is 13.1. The van der Waals surface area contributed by atoms with Gasteiger partial charge in [-0.3, -0.25) is 0 Å². The minimum Gasteiger partial charge on any atom is -0.456 e. The van der Waals surface area contributed by atoms with E-state index in [2.05, 4.69) is 34.5 Å². The Morgan fingerprint density at radius 1 is 0.743 bits per heavy atom. The third-order valence-electron chi connectivity index (χ3n) is 7.24. The Morgan fingerprint density at radius 2 is 1.46 bits per heavy atom. The molecule has 0 saturated carbocycles. The Balaban J connectivity index is 1.49. The summed E-state index contributed by atoms with van der Waals surface area (Å²) in [6.07, 6.45) is 2.33. The fraction of sp³-hybridized carbons (Fsp3) is 0.167. The Morgan fingerprint density at radius 3 is 2.29 bits per heavy atom. The molecule has 0 aliphatic carbocycles. The van der Waals surface area contributed by atoms with Crippen molar-refractivity contribution in [1.82, 2.24) is 0 Å². The van der Waals surface area contributed by atoms with Crippen molar-refractivity contribution in [3.05, 3.63) is 113 Å². The number of ether oxygens (including phenoxy) is 2. The molecule has 35 heavy (non-hydrogen) atoms. The van der Waals surface area contributed by atoms with Gasteiger partial charge in [0.05, 0.1) is 16.9 Å². The summed E-state index contributed by atoms with van der Waals surface area (Å²) < 4.78 is 12.8. The molecule has 3 aliphatic heterocycles. The molecule has 5 nitrogen and oxygen atoms in total. The molecule has 0 bridgehead atoms. The number of anilines is 3. The summed E-state index contributed by atoms with van der Waals surface area (Å²) in [4.78, 5) is 15.5. The number of hydrogen-bond acceptors (Lipinski definition) is 5. The number of nitrogens with one attached hydrogen (secondary N) is 1. The van der Waals surface area contributed by atoms with Crippen molar-refractivity contribution in [3.8, 4) is 11.5 Å². The summed E-state index contributed by atoms with van der Waals surface area (Å²) in [5.74, 6) is 1.11. The van der Waals surface area contributed by atoms with Gasteiger partial charge < -0.3 is 19.7 Å². The van der Waals surface area contributed by atoms with Crippen LogP contribution in [-0.2, 0) is 10.3 Å². The highest BCUT2D eigenvalue weighted by Gasteiger charge is 2.53. The molecule has 4 aromatic carbocycles. The molecule has 4 aromatic rings. The van der Waals surface area contributed by atoms with Crippen LogP contribution in [0.2, 0.25) is 0 Å². The van der Waals surface area contributed by atoms with Gasteiger partial charge in [-0.15, -0.1) is 0 Å². The number of carbonyl (C=O) groups excluding carboxylic acids is 1. The van der Waals surface area contributed by atoms with Crippen molar-refractivity contribution in [2.24, 2.45) is 0 Å². The predicted molar refractivity (Wildman–Crippen MR) is 136 cm³/mol. The molecule has 172 valence electrons. The lowest BCUT2D eigenvalue weighted by atomic mass is 9.77. The van der Waals surface area contributed by atoms with Gasteiger partial charge in [-0.05, 0) is 43.2 Å². The molecular weight excluding hydrogens is 436 g/mol. The van der Waals surface area contributed by atoms with Gasteiger partial charge in [0, 0.05) is 41.5 Å². The molecule has 7 rings (SSSR count). The predicted octanol–water partition coefficient (Wildman–Crippen LogP) is 6.60. The summed E-state index contributed by atoms with van der Waals surface area (Å²) >= 11 is 0. The maximum atomic E-state index is 13.1. The first-order chi connectivity index (χ1) is 17.2. The van der Waals surface area contributed by atoms with Crippen LogP contribution in [0.15, 0.2) is 91.0 Å². The largest absolute Gasteiger partial charge is 0.456 e. The minimum atomic E-state index is -1.06. The van der Waals surface area contributed by atoms with Crippen LogP contribution < -0.4 is 15.0 Å². The number of carbonyl (C=O) groups is 1. The van der Waals surface area contributed by atoms with Crippen LogP contribution in [0.1, 0.15) is 39.9 Å². The lowest BCUT2D eigenvalue weighted by molar-refractivity contribution is 0.0224. The van der Waals surface area contributed by atoms with Crippen molar-refractivity contribution in [1.29, 1.82) is 0 Å². The lowest BCUT2D eigenvalue weighted by Crippen LogP contribution is -2.33. The van der Waals surface area contributed by atoms with Crippen LogP contribution in [-0.4, -0.2) is 19.1 Å². The fourth-order valence-electron chi connectivity index (χ4n) is 5.65. The first kappa shape index (κ1) is 20.2. The molecule has 3 aliphatic rings. The quantitative estimate of drug-likeness (QED) is 0.349. The minimum absolute atomic E-state index is 0.315. The van der Waals surface area contributed by atoms with E-state index in [4.69, 9.17) is 9.47 Å². The summed E-state index contributed by atoms with van der Waals surface area (Å²) in [6.45, 7) is 2.00. The summed E-state index contributed by atoms with van der Waals surface area (Å²) in [6, 6.07) is 29.9. The second-order valence-corrected chi connectivity index (χ2v) is 9.27. The molecule has 1 N–H and O–H groups in total. The normalized spacial score (nSPS) is 19.5. The second-order valence-electron chi connectivity index (χ2n) is 9.27. The number of benzene rings is 4. The topological polar surface area (TPSA) is 50.8 Å². The van der Waals surface area contributed by atoms with Crippen LogP contribution in [0.5, 0.6) is 11.5 Å². The standard InChI is InChI=1S/C30H24N2O3/c33-29-21-12-4-5-13-22(21)30(35-29)23-14-6-7-15-27(23)34-28-19-26(32-16-8-9-17-32)25(18-24(28)30)31-20-10-2-1-3-11-20/h1-7,10-15,18-19,31H,8-9,16-17H2. The molecule has 0 radical (unpaired) electrons. The van der Waals surface area contributed by atoms with E-state index in [1.807, 2.05) is 66.7 Å². The van der Waals surface area contributed by atoms with Gasteiger partial charge in [0.25, 0.3) is 0 Å². The van der Waals surface area contributed by atoms with E-state index in [1.54, 1.807) is 0 Å². The van der Waals surface area contributed by atoms with Crippen LogP contribution in [0.4, 0.5) is 17.1 Å². The number of fused-ring (bicyclic) bond motifs is 6. The zero-order valence-electron chi connectivity index (χ0n) is 19.2. The van der Waals surface area contributed by atoms with Crippen molar-refractivity contribution in [2.75, 3.05) is 23.3 Å². The molecule has 1 atom stereocenters. The van der Waals surface area contributed by atoms with E-state index in [0.29, 0.717) is 17.1 Å². The molecule has 1 unspecified atom stereocenters. The fourth-order valence-corrected chi connectivity index (χ4v) is 5.65. The van der Waals surface area contributed by atoms with E-state index < -0.39 is 5.60 Å².